The summed E-state index contributed by atoms with van der Waals surface area (Å²) < 4.78 is 7.68. The Kier molecular flexibility index (Phi) is 5.96. The van der Waals surface area contributed by atoms with Crippen LogP contribution in [-0.4, -0.2) is 47.1 Å². The first kappa shape index (κ1) is 19.2. The van der Waals surface area contributed by atoms with Gasteiger partial charge in [0.25, 0.3) is 5.91 Å². The molecule has 1 aromatic heterocycles. The summed E-state index contributed by atoms with van der Waals surface area (Å²) >= 11 is 0. The van der Waals surface area contributed by atoms with Crippen molar-refractivity contribution in [3.8, 4) is 0 Å². The molecule has 0 bridgehead atoms. The molecule has 0 spiro atoms. The Morgan fingerprint density at radius 2 is 1.96 bits per heavy atom. The van der Waals surface area contributed by atoms with Gasteiger partial charge in [-0.25, -0.2) is 0 Å². The number of carbonyl (C=O) groups excluding carboxylic acids is 2. The Balaban J connectivity index is 1.73. The largest absolute Gasteiger partial charge is 0.377 e. The number of anilines is 1. The van der Waals surface area contributed by atoms with Gasteiger partial charge in [0.2, 0.25) is 5.91 Å². The number of amides is 2. The quantitative estimate of drug-likeness (QED) is 0.881. The van der Waals surface area contributed by atoms with Crippen molar-refractivity contribution in [1.82, 2.24) is 9.47 Å². The van der Waals surface area contributed by atoms with Crippen LogP contribution in [0.1, 0.15) is 35.1 Å². The zero-order chi connectivity index (χ0) is 19.4. The summed E-state index contributed by atoms with van der Waals surface area (Å²) in [5, 5.41) is 2.89. The molecule has 1 fully saturated rings. The first-order valence-corrected chi connectivity index (χ1v) is 9.41. The summed E-state index contributed by atoms with van der Waals surface area (Å²) in [5.74, 6) is -0.142. The van der Waals surface area contributed by atoms with Crippen molar-refractivity contribution in [1.29, 1.82) is 0 Å². The maximum absolute atomic E-state index is 13.2. The molecule has 1 aliphatic rings. The molecule has 1 aliphatic heterocycles. The molecule has 0 radical (unpaired) electrons. The van der Waals surface area contributed by atoms with E-state index in [4.69, 9.17) is 4.74 Å². The molecule has 144 valence electrons. The third kappa shape index (κ3) is 4.22. The normalized spacial score (nSPS) is 17.0. The maximum atomic E-state index is 13.2. The van der Waals surface area contributed by atoms with E-state index in [1.54, 1.807) is 4.90 Å². The lowest BCUT2D eigenvalue weighted by Crippen LogP contribution is -2.50. The molecule has 6 nitrogen and oxygen atoms in total. The van der Waals surface area contributed by atoms with Gasteiger partial charge in [-0.15, -0.1) is 0 Å². The standard InChI is InChI=1S/C21H27N3O3/c1-4-23-15(2)12-19(16(23)3)21(26)24-10-11-27-14-18(24)13-20(25)22-17-8-6-5-7-9-17/h5-9,12,18H,4,10-11,13-14H2,1-3H3,(H,22,25). The van der Waals surface area contributed by atoms with Crippen molar-refractivity contribution in [2.45, 2.75) is 39.8 Å². The number of nitrogens with zero attached hydrogens (tertiary/aromatic N) is 2. The number of aromatic nitrogens is 1. The second kappa shape index (κ2) is 8.39. The summed E-state index contributed by atoms with van der Waals surface area (Å²) in [4.78, 5) is 27.4. The summed E-state index contributed by atoms with van der Waals surface area (Å²) in [6.45, 7) is 8.25. The number of aryl methyl sites for hydroxylation is 1. The maximum Gasteiger partial charge on any atom is 0.256 e. The fraction of sp³-hybridized carbons (Fsp3) is 0.429. The van der Waals surface area contributed by atoms with Crippen molar-refractivity contribution in [2.75, 3.05) is 25.1 Å². The van der Waals surface area contributed by atoms with Crippen LogP contribution in [0.25, 0.3) is 0 Å². The minimum atomic E-state index is -0.264. The first-order chi connectivity index (χ1) is 13.0. The first-order valence-electron chi connectivity index (χ1n) is 9.41. The number of carbonyl (C=O) groups is 2. The van der Waals surface area contributed by atoms with Crippen LogP contribution in [0.2, 0.25) is 0 Å². The van der Waals surface area contributed by atoms with Crippen LogP contribution in [0.3, 0.4) is 0 Å². The van der Waals surface area contributed by atoms with Crippen LogP contribution < -0.4 is 5.32 Å². The third-order valence-corrected chi connectivity index (χ3v) is 5.09. The number of rotatable bonds is 5. The molecule has 0 aliphatic carbocycles. The van der Waals surface area contributed by atoms with E-state index in [9.17, 15) is 9.59 Å². The molecule has 1 N–H and O–H groups in total. The highest BCUT2D eigenvalue weighted by molar-refractivity contribution is 5.97. The lowest BCUT2D eigenvalue weighted by Gasteiger charge is -2.35. The fourth-order valence-corrected chi connectivity index (χ4v) is 3.70. The number of ether oxygens (including phenoxy) is 1. The molecule has 2 heterocycles. The van der Waals surface area contributed by atoms with E-state index in [1.165, 1.54) is 0 Å². The minimum Gasteiger partial charge on any atom is -0.377 e. The van der Waals surface area contributed by atoms with E-state index < -0.39 is 0 Å². The van der Waals surface area contributed by atoms with Crippen molar-refractivity contribution >= 4 is 17.5 Å². The molecule has 1 atom stereocenters. The van der Waals surface area contributed by atoms with E-state index >= 15 is 0 Å². The van der Waals surface area contributed by atoms with Gasteiger partial charge in [0.1, 0.15) is 0 Å². The molecular formula is C21H27N3O3. The summed E-state index contributed by atoms with van der Waals surface area (Å²) in [6.07, 6.45) is 0.215. The van der Waals surface area contributed by atoms with Gasteiger partial charge in [-0.05, 0) is 39.0 Å². The SMILES string of the molecule is CCn1c(C)cc(C(=O)N2CCOCC2CC(=O)Nc2ccccc2)c1C. The highest BCUT2D eigenvalue weighted by Gasteiger charge is 2.31. The summed E-state index contributed by atoms with van der Waals surface area (Å²) in [6, 6.07) is 11.0. The minimum absolute atomic E-state index is 0.0244. The molecule has 1 unspecified atom stereocenters. The van der Waals surface area contributed by atoms with Gasteiger partial charge in [0.15, 0.2) is 0 Å². The van der Waals surface area contributed by atoms with Crippen molar-refractivity contribution in [2.24, 2.45) is 0 Å². The number of hydrogen-bond acceptors (Lipinski definition) is 3. The zero-order valence-electron chi connectivity index (χ0n) is 16.2. The van der Waals surface area contributed by atoms with E-state index in [-0.39, 0.29) is 24.3 Å². The zero-order valence-corrected chi connectivity index (χ0v) is 16.2. The average molecular weight is 369 g/mol. The molecule has 0 saturated carbocycles. The van der Waals surface area contributed by atoms with Gasteiger partial charge in [0.05, 0.1) is 24.8 Å². The number of benzene rings is 1. The Bertz CT molecular complexity index is 814. The molecule has 1 saturated heterocycles. The lowest BCUT2D eigenvalue weighted by molar-refractivity contribution is -0.118. The van der Waals surface area contributed by atoms with Gasteiger partial charge < -0.3 is 19.5 Å². The number of nitrogens with one attached hydrogen (secondary N) is 1. The van der Waals surface area contributed by atoms with Gasteiger partial charge in [0, 0.05) is 36.6 Å². The van der Waals surface area contributed by atoms with E-state index in [2.05, 4.69) is 16.8 Å². The number of morpholine rings is 1. The van der Waals surface area contributed by atoms with Gasteiger partial charge >= 0.3 is 0 Å². The Morgan fingerprint density at radius 3 is 2.63 bits per heavy atom. The van der Waals surface area contributed by atoms with Crippen molar-refractivity contribution in [3.63, 3.8) is 0 Å². The van der Waals surface area contributed by atoms with Crippen LogP contribution in [0, 0.1) is 13.8 Å². The molecule has 6 heteroatoms. The number of hydrogen-bond donors (Lipinski definition) is 1. The molecule has 2 amide bonds. The molecule has 1 aromatic carbocycles. The predicted octanol–water partition coefficient (Wildman–Crippen LogP) is 2.99. The molecule has 2 aromatic rings. The van der Waals surface area contributed by atoms with E-state index in [1.807, 2.05) is 50.2 Å². The monoisotopic (exact) mass is 369 g/mol. The van der Waals surface area contributed by atoms with Crippen molar-refractivity contribution < 1.29 is 14.3 Å². The Labute approximate surface area is 160 Å². The number of para-hydroxylation sites is 1. The van der Waals surface area contributed by atoms with E-state index in [0.717, 1.165) is 23.6 Å². The molecule has 3 rings (SSSR count). The highest BCUT2D eigenvalue weighted by Crippen LogP contribution is 2.21. The smallest absolute Gasteiger partial charge is 0.256 e. The second-order valence-corrected chi connectivity index (χ2v) is 6.87. The summed E-state index contributed by atoms with van der Waals surface area (Å²) in [7, 11) is 0. The predicted molar refractivity (Wildman–Crippen MR) is 105 cm³/mol. The van der Waals surface area contributed by atoms with Gasteiger partial charge in [-0.1, -0.05) is 18.2 Å². The van der Waals surface area contributed by atoms with Crippen molar-refractivity contribution in [3.05, 3.63) is 53.3 Å². The Morgan fingerprint density at radius 1 is 1.22 bits per heavy atom. The van der Waals surface area contributed by atoms with Crippen LogP contribution in [-0.2, 0) is 16.1 Å². The van der Waals surface area contributed by atoms with E-state index in [0.29, 0.717) is 25.3 Å². The van der Waals surface area contributed by atoms with Gasteiger partial charge in [-0.3, -0.25) is 9.59 Å². The van der Waals surface area contributed by atoms with Crippen LogP contribution in [0.5, 0.6) is 0 Å². The van der Waals surface area contributed by atoms with Crippen LogP contribution in [0.15, 0.2) is 36.4 Å². The van der Waals surface area contributed by atoms with Crippen LogP contribution in [0.4, 0.5) is 5.69 Å². The fourth-order valence-electron chi connectivity index (χ4n) is 3.70. The Hall–Kier alpha value is -2.60. The lowest BCUT2D eigenvalue weighted by atomic mass is 10.1. The topological polar surface area (TPSA) is 63.6 Å². The molecular weight excluding hydrogens is 342 g/mol. The average Bonchev–Trinajstić information content (AvgIpc) is 2.96. The third-order valence-electron chi connectivity index (χ3n) is 5.09. The second-order valence-electron chi connectivity index (χ2n) is 6.87. The van der Waals surface area contributed by atoms with Gasteiger partial charge in [-0.2, -0.15) is 0 Å². The molecule has 27 heavy (non-hydrogen) atoms. The van der Waals surface area contributed by atoms with Crippen LogP contribution >= 0.6 is 0 Å². The summed E-state index contributed by atoms with van der Waals surface area (Å²) in [5.41, 5.74) is 3.51. The highest BCUT2D eigenvalue weighted by atomic mass is 16.5.